The van der Waals surface area contributed by atoms with Gasteiger partial charge in [-0.15, -0.1) is 0 Å². The number of rotatable bonds is 1. The number of hydrogen-bond donors (Lipinski definition) is 1. The first kappa shape index (κ1) is 9.60. The van der Waals surface area contributed by atoms with Crippen molar-refractivity contribution in [2.24, 2.45) is 5.92 Å². The van der Waals surface area contributed by atoms with Crippen LogP contribution in [-0.2, 0) is 9.53 Å². The number of fused-ring (bicyclic) bond motifs is 2. The molecule has 2 bridgehead atoms. The summed E-state index contributed by atoms with van der Waals surface area (Å²) in [5.74, 6) is 0.616. The molecule has 3 aliphatic rings. The van der Waals surface area contributed by atoms with E-state index in [1.807, 2.05) is 0 Å². The number of nitrogens with one attached hydrogen (secondary N) is 1. The summed E-state index contributed by atoms with van der Waals surface area (Å²) in [6, 6.07) is 1.05. The van der Waals surface area contributed by atoms with Crippen molar-refractivity contribution in [2.45, 2.75) is 31.3 Å². The van der Waals surface area contributed by atoms with Gasteiger partial charge in [0.1, 0.15) is 0 Å². The highest BCUT2D eigenvalue weighted by atomic mass is 16.5. The summed E-state index contributed by atoms with van der Waals surface area (Å²) in [4.78, 5) is 14.3. The lowest BCUT2D eigenvalue weighted by atomic mass is 9.98. The Morgan fingerprint density at radius 3 is 2.73 bits per heavy atom. The van der Waals surface area contributed by atoms with Crippen molar-refractivity contribution in [3.05, 3.63) is 0 Å². The van der Waals surface area contributed by atoms with Gasteiger partial charge in [0.2, 0.25) is 5.91 Å². The molecular weight excluding hydrogens is 192 g/mol. The zero-order valence-corrected chi connectivity index (χ0v) is 8.95. The Morgan fingerprint density at radius 1 is 1.33 bits per heavy atom. The van der Waals surface area contributed by atoms with Crippen molar-refractivity contribution >= 4 is 5.91 Å². The molecule has 0 unspecified atom stereocenters. The summed E-state index contributed by atoms with van der Waals surface area (Å²) >= 11 is 0. The molecule has 3 saturated heterocycles. The molecule has 15 heavy (non-hydrogen) atoms. The SMILES string of the molecule is O=C(C1CCOCC1)N1C[C@@H]2C[C@H]1CN2. The molecule has 0 aromatic heterocycles. The fourth-order valence-corrected chi connectivity index (χ4v) is 3.01. The molecule has 0 aliphatic carbocycles. The lowest BCUT2D eigenvalue weighted by Crippen LogP contribution is -2.49. The Labute approximate surface area is 90.0 Å². The van der Waals surface area contributed by atoms with Crippen LogP contribution in [0.1, 0.15) is 19.3 Å². The zero-order valence-electron chi connectivity index (χ0n) is 8.95. The number of carbonyl (C=O) groups is 1. The van der Waals surface area contributed by atoms with Crippen LogP contribution in [0.2, 0.25) is 0 Å². The Hall–Kier alpha value is -0.610. The van der Waals surface area contributed by atoms with E-state index in [0.717, 1.165) is 45.6 Å². The van der Waals surface area contributed by atoms with E-state index in [9.17, 15) is 4.79 Å². The highest BCUT2D eigenvalue weighted by molar-refractivity contribution is 5.79. The van der Waals surface area contributed by atoms with Gasteiger partial charge in [-0.1, -0.05) is 0 Å². The van der Waals surface area contributed by atoms with Gasteiger partial charge in [-0.05, 0) is 19.3 Å². The van der Waals surface area contributed by atoms with Crippen LogP contribution < -0.4 is 5.32 Å². The normalized spacial score (nSPS) is 36.1. The molecule has 3 heterocycles. The van der Waals surface area contributed by atoms with Crippen molar-refractivity contribution in [3.8, 4) is 0 Å². The fraction of sp³-hybridized carbons (Fsp3) is 0.909. The number of hydrogen-bond acceptors (Lipinski definition) is 3. The standard InChI is InChI=1S/C11H18N2O2/c14-11(8-1-3-15-4-2-8)13-7-9-5-10(13)6-12-9/h8-10,12H,1-7H2/t9-,10-/m0/s1. The van der Waals surface area contributed by atoms with Crippen molar-refractivity contribution < 1.29 is 9.53 Å². The molecule has 0 aromatic rings. The van der Waals surface area contributed by atoms with Crippen molar-refractivity contribution in [3.63, 3.8) is 0 Å². The van der Waals surface area contributed by atoms with Gasteiger partial charge < -0.3 is 15.0 Å². The second-order valence-electron chi connectivity index (χ2n) is 4.87. The quantitative estimate of drug-likeness (QED) is 0.661. The number of ether oxygens (including phenoxy) is 1. The topological polar surface area (TPSA) is 41.6 Å². The largest absolute Gasteiger partial charge is 0.381 e. The van der Waals surface area contributed by atoms with E-state index in [1.165, 1.54) is 0 Å². The van der Waals surface area contributed by atoms with Gasteiger partial charge in [-0.3, -0.25) is 4.79 Å². The van der Waals surface area contributed by atoms with E-state index >= 15 is 0 Å². The van der Waals surface area contributed by atoms with E-state index in [4.69, 9.17) is 4.74 Å². The third kappa shape index (κ3) is 1.66. The first-order valence-corrected chi connectivity index (χ1v) is 5.96. The molecule has 0 spiro atoms. The van der Waals surface area contributed by atoms with E-state index < -0.39 is 0 Å². The molecule has 3 fully saturated rings. The third-order valence-electron chi connectivity index (χ3n) is 3.91. The maximum atomic E-state index is 12.2. The molecule has 2 atom stereocenters. The smallest absolute Gasteiger partial charge is 0.226 e. The summed E-state index contributed by atoms with van der Waals surface area (Å²) in [6.45, 7) is 3.45. The van der Waals surface area contributed by atoms with Crippen LogP contribution >= 0.6 is 0 Å². The third-order valence-corrected chi connectivity index (χ3v) is 3.91. The second kappa shape index (κ2) is 3.76. The number of nitrogens with zero attached hydrogens (tertiary/aromatic N) is 1. The van der Waals surface area contributed by atoms with Crippen LogP contribution in [0.15, 0.2) is 0 Å². The molecule has 84 valence electrons. The van der Waals surface area contributed by atoms with Crippen LogP contribution in [0.25, 0.3) is 0 Å². The first-order valence-electron chi connectivity index (χ1n) is 5.96. The van der Waals surface area contributed by atoms with Gasteiger partial charge in [0.15, 0.2) is 0 Å². The molecule has 0 saturated carbocycles. The molecule has 3 rings (SSSR count). The number of amides is 1. The minimum absolute atomic E-state index is 0.234. The van der Waals surface area contributed by atoms with Crippen LogP contribution in [0, 0.1) is 5.92 Å². The summed E-state index contributed by atoms with van der Waals surface area (Å²) in [6.07, 6.45) is 3.00. The van der Waals surface area contributed by atoms with Crippen molar-refractivity contribution in [1.82, 2.24) is 10.2 Å². The lowest BCUT2D eigenvalue weighted by molar-refractivity contribution is -0.139. The molecule has 1 amide bonds. The van der Waals surface area contributed by atoms with E-state index in [2.05, 4.69) is 10.2 Å². The van der Waals surface area contributed by atoms with E-state index in [-0.39, 0.29) is 5.92 Å². The van der Waals surface area contributed by atoms with E-state index in [1.54, 1.807) is 0 Å². The van der Waals surface area contributed by atoms with Gasteiger partial charge in [0.25, 0.3) is 0 Å². The van der Waals surface area contributed by atoms with Gasteiger partial charge in [-0.25, -0.2) is 0 Å². The lowest BCUT2D eigenvalue weighted by Gasteiger charge is -2.32. The monoisotopic (exact) mass is 210 g/mol. The minimum Gasteiger partial charge on any atom is -0.381 e. The van der Waals surface area contributed by atoms with Crippen LogP contribution in [0.5, 0.6) is 0 Å². The summed E-state index contributed by atoms with van der Waals surface area (Å²) in [5.41, 5.74) is 0. The summed E-state index contributed by atoms with van der Waals surface area (Å²) < 4.78 is 5.29. The predicted octanol–water partition coefficient (Wildman–Crippen LogP) is -0.0143. The molecule has 0 aromatic carbocycles. The van der Waals surface area contributed by atoms with Gasteiger partial charge >= 0.3 is 0 Å². The average molecular weight is 210 g/mol. The zero-order chi connectivity index (χ0) is 10.3. The number of piperazine rings is 1. The first-order chi connectivity index (χ1) is 7.34. The van der Waals surface area contributed by atoms with E-state index in [0.29, 0.717) is 18.0 Å². The number of carbonyl (C=O) groups excluding carboxylic acids is 1. The molecular formula is C11H18N2O2. The highest BCUT2D eigenvalue weighted by Crippen LogP contribution is 2.27. The Bertz CT molecular complexity index is 263. The Balaban J connectivity index is 1.64. The summed E-state index contributed by atoms with van der Waals surface area (Å²) in [5, 5.41) is 3.43. The molecule has 0 radical (unpaired) electrons. The maximum absolute atomic E-state index is 12.2. The second-order valence-corrected chi connectivity index (χ2v) is 4.87. The molecule has 3 aliphatic heterocycles. The van der Waals surface area contributed by atoms with Gasteiger partial charge in [0, 0.05) is 44.3 Å². The Kier molecular flexibility index (Phi) is 2.41. The fourth-order valence-electron chi connectivity index (χ4n) is 3.01. The van der Waals surface area contributed by atoms with Crippen molar-refractivity contribution in [1.29, 1.82) is 0 Å². The predicted molar refractivity (Wildman–Crippen MR) is 55.5 cm³/mol. The number of likely N-dealkylation sites (tertiary alicyclic amines) is 1. The van der Waals surface area contributed by atoms with Crippen LogP contribution in [0.3, 0.4) is 0 Å². The van der Waals surface area contributed by atoms with Crippen LogP contribution in [0.4, 0.5) is 0 Å². The molecule has 4 nitrogen and oxygen atoms in total. The van der Waals surface area contributed by atoms with Crippen LogP contribution in [-0.4, -0.2) is 49.2 Å². The Morgan fingerprint density at radius 2 is 2.13 bits per heavy atom. The molecule has 1 N–H and O–H groups in total. The highest BCUT2D eigenvalue weighted by Gasteiger charge is 2.41. The van der Waals surface area contributed by atoms with Gasteiger partial charge in [-0.2, -0.15) is 0 Å². The average Bonchev–Trinajstić information content (AvgIpc) is 2.91. The minimum atomic E-state index is 0.234. The molecule has 4 heteroatoms. The maximum Gasteiger partial charge on any atom is 0.226 e. The van der Waals surface area contributed by atoms with Crippen molar-refractivity contribution in [2.75, 3.05) is 26.3 Å². The van der Waals surface area contributed by atoms with Gasteiger partial charge in [0.05, 0.1) is 0 Å². The summed E-state index contributed by atoms with van der Waals surface area (Å²) in [7, 11) is 0.